The number of carbonyl (C=O) groups is 1. The predicted octanol–water partition coefficient (Wildman–Crippen LogP) is -0.750. The summed E-state index contributed by atoms with van der Waals surface area (Å²) in [7, 11) is 2.97. The summed E-state index contributed by atoms with van der Waals surface area (Å²) in [5.74, 6) is 0.125. The van der Waals surface area contributed by atoms with E-state index in [9.17, 15) is 4.79 Å². The summed E-state index contributed by atoms with van der Waals surface area (Å²) in [6.07, 6.45) is 1.76. The van der Waals surface area contributed by atoms with Gasteiger partial charge in [-0.05, 0) is 12.8 Å². The van der Waals surface area contributed by atoms with Crippen molar-refractivity contribution in [3.05, 3.63) is 0 Å². The summed E-state index contributed by atoms with van der Waals surface area (Å²) in [5, 5.41) is 3.24. The Morgan fingerprint density at radius 2 is 1.81 bits per heavy atom. The van der Waals surface area contributed by atoms with Gasteiger partial charge in [0.1, 0.15) is 0 Å². The van der Waals surface area contributed by atoms with Crippen molar-refractivity contribution in [3.8, 4) is 12.0 Å². The molecule has 116 valence electrons. The van der Waals surface area contributed by atoms with Gasteiger partial charge in [-0.15, -0.1) is 4.98 Å². The van der Waals surface area contributed by atoms with Crippen LogP contribution < -0.4 is 20.5 Å². The Balaban J connectivity index is 1.92. The van der Waals surface area contributed by atoms with Gasteiger partial charge in [0.05, 0.1) is 20.8 Å². The Labute approximate surface area is 122 Å². The monoisotopic (exact) mass is 296 g/mol. The maximum Gasteiger partial charge on any atom is 0.324 e. The van der Waals surface area contributed by atoms with Gasteiger partial charge < -0.3 is 20.5 Å². The molecule has 0 unspecified atom stereocenters. The van der Waals surface area contributed by atoms with Gasteiger partial charge in [-0.1, -0.05) is 0 Å². The van der Waals surface area contributed by atoms with E-state index in [4.69, 9.17) is 15.2 Å². The molecule has 0 bridgehead atoms. The van der Waals surface area contributed by atoms with E-state index in [-0.39, 0.29) is 24.0 Å². The maximum absolute atomic E-state index is 10.9. The van der Waals surface area contributed by atoms with Crippen LogP contribution in [-0.2, 0) is 4.79 Å². The van der Waals surface area contributed by atoms with Crippen LogP contribution in [0, 0.1) is 0 Å². The molecule has 0 aromatic carbocycles. The fourth-order valence-corrected chi connectivity index (χ4v) is 2.22. The highest BCUT2D eigenvalue weighted by Gasteiger charge is 2.21. The number of aromatic nitrogens is 3. The molecule has 1 fully saturated rings. The molecule has 3 N–H and O–H groups in total. The van der Waals surface area contributed by atoms with E-state index in [0.29, 0.717) is 12.5 Å². The number of nitrogens with two attached hydrogens (primary N) is 1. The molecule has 9 heteroatoms. The van der Waals surface area contributed by atoms with Crippen LogP contribution >= 0.6 is 0 Å². The number of carbonyl (C=O) groups excluding carboxylic acids is 1. The second-order valence-electron chi connectivity index (χ2n) is 4.79. The van der Waals surface area contributed by atoms with Crippen LogP contribution in [0.4, 0.5) is 5.95 Å². The van der Waals surface area contributed by atoms with Gasteiger partial charge in [0, 0.05) is 19.1 Å². The second-order valence-corrected chi connectivity index (χ2v) is 4.79. The summed E-state index contributed by atoms with van der Waals surface area (Å²) in [5.41, 5.74) is 5.19. The quantitative estimate of drug-likeness (QED) is 0.704. The van der Waals surface area contributed by atoms with Gasteiger partial charge in [-0.3, -0.25) is 9.69 Å². The summed E-state index contributed by atoms with van der Waals surface area (Å²) in [4.78, 5) is 25.1. The first-order valence-corrected chi connectivity index (χ1v) is 6.72. The fraction of sp³-hybridized carbons (Fsp3) is 0.667. The second kappa shape index (κ2) is 7.02. The highest BCUT2D eigenvalue weighted by Crippen LogP contribution is 2.17. The lowest BCUT2D eigenvalue weighted by atomic mass is 10.1. The molecular formula is C12H20N6O3. The highest BCUT2D eigenvalue weighted by molar-refractivity contribution is 5.75. The lowest BCUT2D eigenvalue weighted by molar-refractivity contribution is -0.119. The van der Waals surface area contributed by atoms with Crippen LogP contribution in [0.2, 0.25) is 0 Å². The number of likely N-dealkylation sites (tertiary alicyclic amines) is 1. The van der Waals surface area contributed by atoms with Crippen LogP contribution in [0.3, 0.4) is 0 Å². The summed E-state index contributed by atoms with van der Waals surface area (Å²) >= 11 is 0. The number of methoxy groups -OCH3 is 2. The molecule has 1 aromatic heterocycles. The Morgan fingerprint density at radius 1 is 1.24 bits per heavy atom. The molecule has 0 spiro atoms. The van der Waals surface area contributed by atoms with Gasteiger partial charge >= 0.3 is 12.0 Å². The van der Waals surface area contributed by atoms with Crippen molar-refractivity contribution in [1.29, 1.82) is 0 Å². The zero-order valence-corrected chi connectivity index (χ0v) is 12.2. The fourth-order valence-electron chi connectivity index (χ4n) is 2.22. The van der Waals surface area contributed by atoms with Crippen LogP contribution in [0.1, 0.15) is 12.8 Å². The van der Waals surface area contributed by atoms with E-state index in [1.807, 2.05) is 4.90 Å². The van der Waals surface area contributed by atoms with Crippen LogP contribution in [0.25, 0.3) is 0 Å². The maximum atomic E-state index is 10.9. The smallest absolute Gasteiger partial charge is 0.324 e. The third-order valence-electron chi connectivity index (χ3n) is 3.26. The van der Waals surface area contributed by atoms with Crippen molar-refractivity contribution >= 4 is 11.9 Å². The molecule has 1 aliphatic heterocycles. The number of nitrogens with one attached hydrogen (secondary N) is 1. The average molecular weight is 296 g/mol. The topological polar surface area (TPSA) is 115 Å². The van der Waals surface area contributed by atoms with Crippen molar-refractivity contribution in [2.45, 2.75) is 18.9 Å². The van der Waals surface area contributed by atoms with Crippen molar-refractivity contribution in [1.82, 2.24) is 19.9 Å². The first-order chi connectivity index (χ1) is 10.1. The predicted molar refractivity (Wildman–Crippen MR) is 75.2 cm³/mol. The van der Waals surface area contributed by atoms with Gasteiger partial charge in [0.15, 0.2) is 0 Å². The standard InChI is InChI=1S/C12H20N6O3/c1-20-11-15-10(16-12(17-11)21-2)14-8-3-5-18(6-4-8)7-9(13)19/h8H,3-7H2,1-2H3,(H2,13,19)(H,14,15,16,17). The first-order valence-electron chi connectivity index (χ1n) is 6.72. The zero-order chi connectivity index (χ0) is 15.2. The lowest BCUT2D eigenvalue weighted by Crippen LogP contribution is -2.43. The Bertz CT molecular complexity index is 468. The van der Waals surface area contributed by atoms with Gasteiger partial charge in [-0.25, -0.2) is 0 Å². The third-order valence-corrected chi connectivity index (χ3v) is 3.26. The van der Waals surface area contributed by atoms with E-state index in [1.54, 1.807) is 0 Å². The molecule has 2 rings (SSSR count). The molecule has 0 radical (unpaired) electrons. The molecular weight excluding hydrogens is 276 g/mol. The minimum Gasteiger partial charge on any atom is -0.467 e. The number of anilines is 1. The minimum atomic E-state index is -0.298. The SMILES string of the molecule is COc1nc(NC2CCN(CC(N)=O)CC2)nc(OC)n1. The van der Waals surface area contributed by atoms with Crippen molar-refractivity contribution in [3.63, 3.8) is 0 Å². The van der Waals surface area contributed by atoms with Crippen LogP contribution in [0.5, 0.6) is 12.0 Å². The van der Waals surface area contributed by atoms with Gasteiger partial charge in [-0.2, -0.15) is 9.97 Å². The van der Waals surface area contributed by atoms with Gasteiger partial charge in [0.2, 0.25) is 11.9 Å². The number of rotatable bonds is 6. The molecule has 1 saturated heterocycles. The zero-order valence-electron chi connectivity index (χ0n) is 12.2. The number of piperidine rings is 1. The first kappa shape index (κ1) is 15.2. The molecule has 1 aromatic rings. The molecule has 1 aliphatic rings. The normalized spacial score (nSPS) is 16.5. The van der Waals surface area contributed by atoms with Crippen molar-refractivity contribution < 1.29 is 14.3 Å². The van der Waals surface area contributed by atoms with E-state index in [0.717, 1.165) is 25.9 Å². The highest BCUT2D eigenvalue weighted by atomic mass is 16.5. The minimum absolute atomic E-state index is 0.204. The number of amides is 1. The lowest BCUT2D eigenvalue weighted by Gasteiger charge is -2.31. The largest absolute Gasteiger partial charge is 0.467 e. The number of ether oxygens (including phenoxy) is 2. The number of hydrogen-bond donors (Lipinski definition) is 2. The average Bonchev–Trinajstić information content (AvgIpc) is 2.48. The van der Waals surface area contributed by atoms with E-state index in [2.05, 4.69) is 20.3 Å². The molecule has 0 aliphatic carbocycles. The van der Waals surface area contributed by atoms with Gasteiger partial charge in [0.25, 0.3) is 0 Å². The molecule has 0 saturated carbocycles. The van der Waals surface area contributed by atoms with E-state index < -0.39 is 0 Å². The molecule has 0 atom stereocenters. The molecule has 1 amide bonds. The Morgan fingerprint density at radius 3 is 2.29 bits per heavy atom. The number of hydrogen-bond acceptors (Lipinski definition) is 8. The van der Waals surface area contributed by atoms with E-state index >= 15 is 0 Å². The number of primary amides is 1. The third kappa shape index (κ3) is 4.42. The van der Waals surface area contributed by atoms with Crippen LogP contribution in [-0.4, -0.2) is 65.7 Å². The van der Waals surface area contributed by atoms with Crippen molar-refractivity contribution in [2.24, 2.45) is 5.73 Å². The Kier molecular flexibility index (Phi) is 5.09. The van der Waals surface area contributed by atoms with Crippen LogP contribution in [0.15, 0.2) is 0 Å². The number of nitrogens with zero attached hydrogens (tertiary/aromatic N) is 4. The molecule has 21 heavy (non-hydrogen) atoms. The van der Waals surface area contributed by atoms with E-state index in [1.165, 1.54) is 14.2 Å². The Hall–Kier alpha value is -2.16. The van der Waals surface area contributed by atoms with Crippen molar-refractivity contribution in [2.75, 3.05) is 39.2 Å². The summed E-state index contributed by atoms with van der Waals surface area (Å²) < 4.78 is 10.0. The summed E-state index contributed by atoms with van der Waals surface area (Å²) in [6, 6.07) is 0.636. The molecule has 9 nitrogen and oxygen atoms in total. The summed E-state index contributed by atoms with van der Waals surface area (Å²) in [6.45, 7) is 1.92. The molecule has 2 heterocycles.